The Morgan fingerprint density at radius 3 is 1.16 bits per heavy atom. The summed E-state index contributed by atoms with van der Waals surface area (Å²) in [6, 6.07) is 8.49. The van der Waals surface area contributed by atoms with Crippen molar-refractivity contribution in [3.8, 4) is 0 Å². The smallest absolute Gasteiger partial charge is 0.441 e. The van der Waals surface area contributed by atoms with E-state index in [1.54, 1.807) is 0 Å². The third kappa shape index (κ3) is 30.8. The van der Waals surface area contributed by atoms with Gasteiger partial charge in [-0.3, -0.25) is 0 Å². The summed E-state index contributed by atoms with van der Waals surface area (Å²) < 4.78 is 125. The van der Waals surface area contributed by atoms with Gasteiger partial charge in [0.15, 0.2) is 46.6 Å². The van der Waals surface area contributed by atoms with Crippen molar-refractivity contribution in [3.05, 3.63) is 0 Å². The van der Waals surface area contributed by atoms with Crippen molar-refractivity contribution in [2.24, 2.45) is 5.92 Å². The molecule has 0 spiro atoms. The lowest BCUT2D eigenvalue weighted by Crippen LogP contribution is -2.59. The van der Waals surface area contributed by atoms with Crippen molar-refractivity contribution in [3.63, 3.8) is 0 Å². The summed E-state index contributed by atoms with van der Waals surface area (Å²) in [5.74, 6) is 0.493. The standard InChI is InChI=1S/C40H112O19Si20/c1-38-36-63(2)45-64(3)52-74(41-38)33-24-18-15-21-30-60-42-79(43-61-31-22-16-19-25-34-75-53-68(7)46-65(4)47-69(8)54-75,44-62-32-23-17-20-26-35-76-55-70(9)48-66(5)49-71(10)56-76)59-78(13,14)40-29-27-28-39(40)37-77-57-72(11)50-67(6)51-73(12)58-77/h38-40,63-77H,15-37,60-62H2,1-14H3. The van der Waals surface area contributed by atoms with Crippen molar-refractivity contribution < 1.29 is 78.5 Å². The van der Waals surface area contributed by atoms with Gasteiger partial charge in [-0.2, -0.15) is 0 Å². The predicted molar refractivity (Wildman–Crippen MR) is 366 cm³/mol. The Bertz CT molecular complexity index is 1440. The Labute approximate surface area is 514 Å². The maximum Gasteiger partial charge on any atom is 0.635 e. The van der Waals surface area contributed by atoms with Crippen LogP contribution in [0, 0.1) is 5.92 Å². The van der Waals surface area contributed by atoms with E-state index in [0.717, 1.165) is 93.3 Å². The molecule has 0 amide bonds. The molecule has 1 aliphatic carbocycles. The Balaban J connectivity index is 1.21. The first-order chi connectivity index (χ1) is 37.7. The lowest BCUT2D eigenvalue weighted by molar-refractivity contribution is 0.163. The third-order valence-corrected chi connectivity index (χ3v) is 76.7. The molecule has 1 saturated carbocycles. The fourth-order valence-corrected chi connectivity index (χ4v) is 77.2. The van der Waals surface area contributed by atoms with E-state index in [2.05, 4.69) is 92.0 Å². The first-order valence-electron chi connectivity index (χ1n) is 31.2. The lowest BCUT2D eigenvalue weighted by atomic mass is 10.1. The van der Waals surface area contributed by atoms with Crippen LogP contribution >= 0.6 is 0 Å². The van der Waals surface area contributed by atoms with Gasteiger partial charge in [0, 0.05) is 6.10 Å². The summed E-state index contributed by atoms with van der Waals surface area (Å²) in [5.41, 5.74) is 0.456. The molecule has 12 unspecified atom stereocenters. The second kappa shape index (κ2) is 40.3. The maximum atomic E-state index is 7.72. The fourth-order valence-electron chi connectivity index (χ4n) is 11.8. The van der Waals surface area contributed by atoms with Crippen molar-refractivity contribution in [2.75, 3.05) is 0 Å². The minimum atomic E-state index is -3.44. The Kier molecular flexibility index (Phi) is 37.4. The highest BCUT2D eigenvalue weighted by molar-refractivity contribution is 6.83. The predicted octanol–water partition coefficient (Wildman–Crippen LogP) is 3.48. The number of hydrogen-bond acceptors (Lipinski definition) is 19. The van der Waals surface area contributed by atoms with Gasteiger partial charge in [-0.25, -0.2) is 0 Å². The maximum absolute atomic E-state index is 7.72. The van der Waals surface area contributed by atoms with Crippen LogP contribution < -0.4 is 0 Å². The highest BCUT2D eigenvalue weighted by Gasteiger charge is 2.53. The molecule has 0 aromatic carbocycles. The van der Waals surface area contributed by atoms with Gasteiger partial charge >= 0.3 is 46.2 Å². The highest BCUT2D eigenvalue weighted by Crippen LogP contribution is 2.47. The SMILES string of the molecule is CC1C[SiH](C)O[SiH](C)O[SiH](CCCCCC[SiH2]O[Si](O[SiH2]CCCCCC[SiH]2O[SiH](C)O[SiH](C)O[SiH](C)O2)(O[SiH2]CCCCCC[SiH]2O[SiH](C)O[SiH](C)O[SiH](C)O2)O[Si](C)(C)C2CCCC2C[SiH]2O[SiH](C)O[SiH](C)O[SiH](C)O2)O1. The summed E-state index contributed by atoms with van der Waals surface area (Å²) in [6.45, 7) is 30.7. The molecular formula is C40H112O19Si20. The Hall–Kier alpha value is 3.58. The molecule has 5 aliphatic rings. The largest absolute Gasteiger partial charge is 0.635 e. The van der Waals surface area contributed by atoms with E-state index in [1.807, 2.05) is 0 Å². The molecule has 79 heavy (non-hydrogen) atoms. The van der Waals surface area contributed by atoms with Crippen LogP contribution in [0.5, 0.6) is 0 Å². The van der Waals surface area contributed by atoms with Gasteiger partial charge in [0.25, 0.3) is 92.8 Å². The molecule has 0 aromatic heterocycles. The van der Waals surface area contributed by atoms with Crippen molar-refractivity contribution in [1.82, 2.24) is 0 Å². The van der Waals surface area contributed by atoms with E-state index < -0.39 is 186 Å². The molecule has 4 aliphatic heterocycles. The van der Waals surface area contributed by atoms with Crippen molar-refractivity contribution in [2.45, 2.75) is 248 Å². The van der Waals surface area contributed by atoms with Gasteiger partial charge in [0.2, 0.25) is 0 Å². The first kappa shape index (κ1) is 73.3. The minimum absolute atomic E-state index is 0.261. The van der Waals surface area contributed by atoms with Crippen LogP contribution in [0.2, 0.25) is 139 Å². The first-order valence-corrected chi connectivity index (χ1v) is 71.0. The number of rotatable bonds is 32. The molecule has 0 N–H and O–H groups in total. The zero-order valence-electron chi connectivity index (χ0n) is 51.5. The van der Waals surface area contributed by atoms with Crippen LogP contribution in [0.1, 0.15) is 103 Å². The third-order valence-electron chi connectivity index (χ3n) is 15.2. The molecule has 12 atom stereocenters. The summed E-state index contributed by atoms with van der Waals surface area (Å²) in [4.78, 5) is 0. The topological polar surface area (TPSA) is 175 Å². The average molecular weight is 1460 g/mol. The van der Waals surface area contributed by atoms with Crippen molar-refractivity contribution >= 4 is 186 Å². The summed E-state index contributed by atoms with van der Waals surface area (Å²) in [6.07, 6.45) is 17.8. The van der Waals surface area contributed by atoms with E-state index in [1.165, 1.54) is 51.4 Å². The zero-order chi connectivity index (χ0) is 57.2. The molecule has 0 bridgehead atoms. The second-order valence-electron chi connectivity index (χ2n) is 23.2. The molecule has 4 heterocycles. The molecular weight excluding hydrogens is 1350 g/mol. The highest BCUT2D eigenvalue weighted by atomic mass is 28.5. The normalized spacial score (nSPS) is 37.1. The molecule has 39 heteroatoms. The summed E-state index contributed by atoms with van der Waals surface area (Å²) >= 11 is 0. The van der Waals surface area contributed by atoms with Crippen LogP contribution in [0.25, 0.3) is 0 Å². The monoisotopic (exact) mass is 1460 g/mol. The Morgan fingerprint density at radius 1 is 0.405 bits per heavy atom. The van der Waals surface area contributed by atoms with Crippen molar-refractivity contribution in [1.29, 1.82) is 0 Å². The van der Waals surface area contributed by atoms with E-state index in [9.17, 15) is 0 Å². The quantitative estimate of drug-likeness (QED) is 0.0707. The zero-order valence-corrected chi connectivity index (χ0v) is 75.1. The van der Waals surface area contributed by atoms with E-state index in [-0.39, 0.29) is 6.10 Å². The van der Waals surface area contributed by atoms with E-state index >= 15 is 0 Å². The molecule has 4 saturated heterocycles. The summed E-state index contributed by atoms with van der Waals surface area (Å²) in [5, 5.41) is 0. The lowest BCUT2D eigenvalue weighted by Gasteiger charge is -2.41. The van der Waals surface area contributed by atoms with Crippen LogP contribution in [0.4, 0.5) is 0 Å². The molecule has 0 radical (unpaired) electrons. The van der Waals surface area contributed by atoms with Crippen LogP contribution in [-0.4, -0.2) is 192 Å². The van der Waals surface area contributed by atoms with E-state index in [0.29, 0.717) is 11.5 Å². The van der Waals surface area contributed by atoms with Gasteiger partial charge in [-0.1, -0.05) is 96.3 Å². The van der Waals surface area contributed by atoms with Crippen LogP contribution in [0.15, 0.2) is 0 Å². The van der Waals surface area contributed by atoms with Gasteiger partial charge in [-0.05, 0) is 152 Å². The molecule has 19 nitrogen and oxygen atoms in total. The molecule has 5 rings (SSSR count). The van der Waals surface area contributed by atoms with E-state index in [4.69, 9.17) is 78.5 Å². The van der Waals surface area contributed by atoms with Gasteiger partial charge in [0.1, 0.15) is 0 Å². The number of unbranched alkanes of at least 4 members (excludes halogenated alkanes) is 9. The molecule has 466 valence electrons. The van der Waals surface area contributed by atoms with Gasteiger partial charge in [-0.15, -0.1) is 0 Å². The average Bonchev–Trinajstić information content (AvgIpc) is 3.87. The molecule has 0 aromatic rings. The second-order valence-corrected chi connectivity index (χ2v) is 70.4. The Morgan fingerprint density at radius 2 is 0.747 bits per heavy atom. The fraction of sp³-hybridized carbons (Fsp3) is 1.00. The van der Waals surface area contributed by atoms with Crippen LogP contribution in [0.3, 0.4) is 0 Å². The minimum Gasteiger partial charge on any atom is -0.441 e. The number of hydrogen-bond donors (Lipinski definition) is 0. The van der Waals surface area contributed by atoms with Crippen LogP contribution in [-0.2, 0) is 78.5 Å². The summed E-state index contributed by atoms with van der Waals surface area (Å²) in [7, 11) is -34.1. The van der Waals surface area contributed by atoms with Gasteiger partial charge < -0.3 is 78.5 Å². The van der Waals surface area contributed by atoms with Gasteiger partial charge in [0.05, 0.1) is 0 Å². The molecule has 5 fully saturated rings.